The number of hydrogen-bond donors (Lipinski definition) is 0. The lowest BCUT2D eigenvalue weighted by Gasteiger charge is -2.20. The molecule has 1 rings (SSSR count). The molecule has 0 heterocycles. The molecular formula is C25H40O4. The molecule has 0 unspecified atom stereocenters. The van der Waals surface area contributed by atoms with E-state index in [2.05, 4.69) is 19.1 Å². The quantitative estimate of drug-likeness (QED) is 0.185. The summed E-state index contributed by atoms with van der Waals surface area (Å²) in [5, 5.41) is 0. The minimum atomic E-state index is -1.26. The van der Waals surface area contributed by atoms with Crippen LogP contribution >= 0.6 is 0 Å². The van der Waals surface area contributed by atoms with Crippen molar-refractivity contribution in [2.75, 3.05) is 13.2 Å². The molecule has 0 fully saturated rings. The summed E-state index contributed by atoms with van der Waals surface area (Å²) in [4.78, 5) is 24.5. The number of carbonyl (C=O) groups excluding carboxylic acids is 2. The fourth-order valence-corrected chi connectivity index (χ4v) is 3.11. The number of rotatable bonds is 16. The Morgan fingerprint density at radius 3 is 1.76 bits per heavy atom. The molecule has 0 N–H and O–H groups in total. The minimum Gasteiger partial charge on any atom is -0.465 e. The van der Waals surface area contributed by atoms with Crippen molar-refractivity contribution in [1.29, 1.82) is 0 Å². The number of unbranched alkanes of at least 4 members (excludes halogenated alkanes) is 8. The van der Waals surface area contributed by atoms with Crippen LogP contribution in [0.4, 0.5) is 0 Å². The molecule has 0 amide bonds. The first-order valence-electron chi connectivity index (χ1n) is 11.4. The Morgan fingerprint density at radius 2 is 1.21 bits per heavy atom. The van der Waals surface area contributed by atoms with Crippen LogP contribution in [0.2, 0.25) is 0 Å². The molecule has 4 heteroatoms. The zero-order chi connectivity index (χ0) is 21.4. The second-order valence-electron chi connectivity index (χ2n) is 8.31. The average molecular weight is 405 g/mol. The van der Waals surface area contributed by atoms with Crippen LogP contribution in [0, 0.1) is 5.41 Å². The molecule has 0 aliphatic heterocycles. The summed E-state index contributed by atoms with van der Waals surface area (Å²) in [6.45, 7) is 6.06. The summed E-state index contributed by atoms with van der Waals surface area (Å²) in [7, 11) is 0. The van der Waals surface area contributed by atoms with Gasteiger partial charge in [0.2, 0.25) is 0 Å². The number of esters is 2. The standard InChI is InChI=1S/C25H40O4/c1-4-5-6-7-8-9-10-11-15-20-28-23(26)25(2,3)24(27)29-21-16-19-22-17-13-12-14-18-22/h12-14,17-18H,4-11,15-16,19-21H2,1-3H3. The van der Waals surface area contributed by atoms with E-state index in [9.17, 15) is 9.59 Å². The molecule has 0 spiro atoms. The second-order valence-corrected chi connectivity index (χ2v) is 8.31. The Bertz CT molecular complexity index is 565. The van der Waals surface area contributed by atoms with Gasteiger partial charge in [0.25, 0.3) is 0 Å². The summed E-state index contributed by atoms with van der Waals surface area (Å²) < 4.78 is 10.6. The number of ether oxygens (including phenoxy) is 2. The van der Waals surface area contributed by atoms with E-state index in [1.807, 2.05) is 18.2 Å². The smallest absolute Gasteiger partial charge is 0.322 e. The van der Waals surface area contributed by atoms with Crippen LogP contribution in [0.5, 0.6) is 0 Å². The molecule has 0 bridgehead atoms. The summed E-state index contributed by atoms with van der Waals surface area (Å²) >= 11 is 0. The first kappa shape index (κ1) is 25.2. The fraction of sp³-hybridized carbons (Fsp3) is 0.680. The third-order valence-electron chi connectivity index (χ3n) is 5.19. The normalized spacial score (nSPS) is 11.3. The van der Waals surface area contributed by atoms with Gasteiger partial charge in [-0.25, -0.2) is 0 Å². The van der Waals surface area contributed by atoms with Gasteiger partial charge in [0.1, 0.15) is 0 Å². The summed E-state index contributed by atoms with van der Waals surface area (Å²) in [5.41, 5.74) is -0.0466. The summed E-state index contributed by atoms with van der Waals surface area (Å²) in [6, 6.07) is 10.1. The molecule has 0 aliphatic carbocycles. The maximum Gasteiger partial charge on any atom is 0.322 e. The highest BCUT2D eigenvalue weighted by molar-refractivity contribution is 5.99. The monoisotopic (exact) mass is 404 g/mol. The lowest BCUT2D eigenvalue weighted by atomic mass is 9.94. The van der Waals surface area contributed by atoms with Crippen LogP contribution in [0.3, 0.4) is 0 Å². The molecule has 0 saturated carbocycles. The first-order valence-corrected chi connectivity index (χ1v) is 11.4. The van der Waals surface area contributed by atoms with Crippen LogP contribution in [0.25, 0.3) is 0 Å². The summed E-state index contributed by atoms with van der Waals surface area (Å²) in [5.74, 6) is -1.01. The molecule has 1 aromatic rings. The van der Waals surface area contributed by atoms with Gasteiger partial charge < -0.3 is 9.47 Å². The molecule has 0 aliphatic rings. The van der Waals surface area contributed by atoms with Gasteiger partial charge in [-0.3, -0.25) is 9.59 Å². The second kappa shape index (κ2) is 15.1. The predicted octanol–water partition coefficient (Wildman–Crippen LogP) is 6.26. The van der Waals surface area contributed by atoms with Crippen LogP contribution in [0.15, 0.2) is 30.3 Å². The van der Waals surface area contributed by atoms with Crippen molar-refractivity contribution < 1.29 is 19.1 Å². The fourth-order valence-electron chi connectivity index (χ4n) is 3.11. The van der Waals surface area contributed by atoms with E-state index in [1.165, 1.54) is 50.5 Å². The highest BCUT2D eigenvalue weighted by Crippen LogP contribution is 2.20. The van der Waals surface area contributed by atoms with Crippen molar-refractivity contribution in [3.8, 4) is 0 Å². The van der Waals surface area contributed by atoms with Crippen molar-refractivity contribution in [2.45, 2.75) is 91.4 Å². The van der Waals surface area contributed by atoms with E-state index in [4.69, 9.17) is 9.47 Å². The first-order chi connectivity index (χ1) is 14.0. The van der Waals surface area contributed by atoms with Crippen LogP contribution in [-0.2, 0) is 25.5 Å². The van der Waals surface area contributed by atoms with Gasteiger partial charge in [-0.05, 0) is 38.7 Å². The minimum absolute atomic E-state index is 0.308. The number of aryl methyl sites for hydroxylation is 1. The van der Waals surface area contributed by atoms with Gasteiger partial charge in [-0.15, -0.1) is 0 Å². The summed E-state index contributed by atoms with van der Waals surface area (Å²) in [6.07, 6.45) is 12.5. The molecule has 0 saturated heterocycles. The molecule has 29 heavy (non-hydrogen) atoms. The van der Waals surface area contributed by atoms with Gasteiger partial charge >= 0.3 is 11.9 Å². The largest absolute Gasteiger partial charge is 0.465 e. The maximum atomic E-state index is 12.3. The van der Waals surface area contributed by atoms with E-state index in [-0.39, 0.29) is 0 Å². The lowest BCUT2D eigenvalue weighted by Crippen LogP contribution is -2.37. The Balaban J connectivity index is 2.10. The van der Waals surface area contributed by atoms with E-state index in [1.54, 1.807) is 13.8 Å². The van der Waals surface area contributed by atoms with E-state index in [0.29, 0.717) is 13.2 Å². The number of hydrogen-bond acceptors (Lipinski definition) is 4. The van der Waals surface area contributed by atoms with Crippen LogP contribution in [-0.4, -0.2) is 25.2 Å². The zero-order valence-corrected chi connectivity index (χ0v) is 18.7. The van der Waals surface area contributed by atoms with Gasteiger partial charge in [0.05, 0.1) is 13.2 Å². The van der Waals surface area contributed by atoms with Crippen LogP contribution in [0.1, 0.15) is 90.5 Å². The van der Waals surface area contributed by atoms with Crippen molar-refractivity contribution in [3.63, 3.8) is 0 Å². The third-order valence-corrected chi connectivity index (χ3v) is 5.19. The van der Waals surface area contributed by atoms with Crippen molar-refractivity contribution in [2.24, 2.45) is 5.41 Å². The maximum absolute atomic E-state index is 12.3. The number of carbonyl (C=O) groups is 2. The molecular weight excluding hydrogens is 364 g/mol. The molecule has 0 radical (unpaired) electrons. The van der Waals surface area contributed by atoms with Gasteiger partial charge in [-0.1, -0.05) is 88.6 Å². The van der Waals surface area contributed by atoms with Crippen LogP contribution < -0.4 is 0 Å². The molecule has 1 aromatic carbocycles. The Labute approximate surface area is 177 Å². The molecule has 0 aromatic heterocycles. The molecule has 4 nitrogen and oxygen atoms in total. The average Bonchev–Trinajstić information content (AvgIpc) is 2.72. The van der Waals surface area contributed by atoms with Crippen molar-refractivity contribution in [3.05, 3.63) is 35.9 Å². The Morgan fingerprint density at radius 1 is 0.724 bits per heavy atom. The highest BCUT2D eigenvalue weighted by atomic mass is 16.6. The molecule has 0 atom stereocenters. The molecule has 164 valence electrons. The van der Waals surface area contributed by atoms with Crippen molar-refractivity contribution in [1.82, 2.24) is 0 Å². The predicted molar refractivity (Wildman–Crippen MR) is 118 cm³/mol. The zero-order valence-electron chi connectivity index (χ0n) is 18.7. The third kappa shape index (κ3) is 11.1. The van der Waals surface area contributed by atoms with E-state index in [0.717, 1.165) is 25.7 Å². The van der Waals surface area contributed by atoms with Gasteiger partial charge in [-0.2, -0.15) is 0 Å². The number of benzene rings is 1. The Hall–Kier alpha value is -1.84. The van der Waals surface area contributed by atoms with Crippen molar-refractivity contribution >= 4 is 11.9 Å². The topological polar surface area (TPSA) is 52.6 Å². The lowest BCUT2D eigenvalue weighted by molar-refractivity contribution is -0.169. The Kier molecular flexibility index (Phi) is 13.1. The highest BCUT2D eigenvalue weighted by Gasteiger charge is 2.39. The SMILES string of the molecule is CCCCCCCCCCCOC(=O)C(C)(C)C(=O)OCCCc1ccccc1. The van der Waals surface area contributed by atoms with E-state index < -0.39 is 17.4 Å². The van der Waals surface area contributed by atoms with Gasteiger partial charge in [0, 0.05) is 0 Å². The van der Waals surface area contributed by atoms with Gasteiger partial charge in [0.15, 0.2) is 5.41 Å². The van der Waals surface area contributed by atoms with E-state index >= 15 is 0 Å².